The molecule has 1 amide bonds. The lowest BCUT2D eigenvalue weighted by molar-refractivity contribution is -0.119. The van der Waals surface area contributed by atoms with E-state index in [0.29, 0.717) is 11.6 Å². The molecule has 1 N–H and O–H groups in total. The number of carbonyl (C=O) groups is 1. The van der Waals surface area contributed by atoms with E-state index in [-0.39, 0.29) is 12.2 Å². The van der Waals surface area contributed by atoms with Crippen LogP contribution in [0.1, 0.15) is 12.0 Å². The summed E-state index contributed by atoms with van der Waals surface area (Å²) in [6.45, 7) is 0.0997. The van der Waals surface area contributed by atoms with Crippen molar-refractivity contribution >= 4 is 45.0 Å². The molecule has 9 heteroatoms. The maximum absolute atomic E-state index is 13.0. The van der Waals surface area contributed by atoms with E-state index in [4.69, 9.17) is 11.6 Å². The van der Waals surface area contributed by atoms with Gasteiger partial charge in [-0.3, -0.25) is 9.10 Å². The lowest BCUT2D eigenvalue weighted by atomic mass is 10.2. The Morgan fingerprint density at radius 1 is 1.21 bits per heavy atom. The molecule has 0 saturated carbocycles. The maximum atomic E-state index is 13.0. The summed E-state index contributed by atoms with van der Waals surface area (Å²) in [5.74, 6) is 0.799. The molecule has 0 atom stereocenters. The molecule has 0 radical (unpaired) electrons. The highest BCUT2D eigenvalue weighted by atomic mass is 35.5. The van der Waals surface area contributed by atoms with Gasteiger partial charge in [-0.1, -0.05) is 23.7 Å². The van der Waals surface area contributed by atoms with Gasteiger partial charge in [0.15, 0.2) is 0 Å². The van der Waals surface area contributed by atoms with Gasteiger partial charge in [0.2, 0.25) is 15.9 Å². The summed E-state index contributed by atoms with van der Waals surface area (Å²) in [7, 11) is -3.66. The van der Waals surface area contributed by atoms with E-state index in [0.717, 1.165) is 46.2 Å². The van der Waals surface area contributed by atoms with E-state index in [1.165, 1.54) is 12.1 Å². The molecule has 0 saturated heterocycles. The van der Waals surface area contributed by atoms with E-state index in [1.807, 2.05) is 24.3 Å². The molecule has 0 heterocycles. The number of hydrogen-bond acceptors (Lipinski definition) is 4. The highest BCUT2D eigenvalue weighted by molar-refractivity contribution is 7.98. The fourth-order valence-electron chi connectivity index (χ4n) is 2.41. The zero-order chi connectivity index (χ0) is 20.6. The second-order valence-corrected chi connectivity index (χ2v) is 9.58. The third-order valence-electron chi connectivity index (χ3n) is 3.75. The summed E-state index contributed by atoms with van der Waals surface area (Å²) in [5, 5.41) is 3.43. The number of nitrogens with zero attached hydrogens (tertiary/aromatic N) is 1. The van der Waals surface area contributed by atoms with Crippen LogP contribution in [-0.4, -0.2) is 39.4 Å². The lowest BCUT2D eigenvalue weighted by Crippen LogP contribution is -2.40. The molecule has 0 spiro atoms. The average Bonchev–Trinajstić information content (AvgIpc) is 2.63. The Morgan fingerprint density at radius 2 is 1.93 bits per heavy atom. The Hall–Kier alpha value is -1.77. The van der Waals surface area contributed by atoms with Crippen molar-refractivity contribution in [2.75, 3.05) is 29.4 Å². The van der Waals surface area contributed by atoms with Gasteiger partial charge < -0.3 is 5.32 Å². The van der Waals surface area contributed by atoms with Crippen LogP contribution in [0.3, 0.4) is 0 Å². The van der Waals surface area contributed by atoms with Crippen LogP contribution in [0.4, 0.5) is 10.1 Å². The zero-order valence-electron chi connectivity index (χ0n) is 15.4. The van der Waals surface area contributed by atoms with Crippen LogP contribution < -0.4 is 9.62 Å². The number of hydrogen-bond donors (Lipinski definition) is 1. The first-order valence-corrected chi connectivity index (χ1v) is 12.0. The lowest BCUT2D eigenvalue weighted by Gasteiger charge is -2.21. The predicted octanol–water partition coefficient (Wildman–Crippen LogP) is 3.68. The van der Waals surface area contributed by atoms with Crippen LogP contribution >= 0.6 is 23.4 Å². The van der Waals surface area contributed by atoms with Gasteiger partial charge >= 0.3 is 0 Å². The number of nitrogens with one attached hydrogen (secondary N) is 1. The quantitative estimate of drug-likeness (QED) is 0.567. The normalized spacial score (nSPS) is 11.2. The average molecular weight is 445 g/mol. The van der Waals surface area contributed by atoms with Crippen LogP contribution in [0.2, 0.25) is 5.02 Å². The molecule has 0 aliphatic rings. The Kier molecular flexibility index (Phi) is 8.59. The van der Waals surface area contributed by atoms with Crippen molar-refractivity contribution in [2.24, 2.45) is 0 Å². The van der Waals surface area contributed by atoms with Crippen molar-refractivity contribution < 1.29 is 17.6 Å². The standard InChI is InChI=1S/C19H22ClFN2O3S2/c1-28(25,26)23(18-8-6-17(21)7-9-18)13-19(24)22-10-3-11-27-14-15-4-2-5-16(20)12-15/h2,4-9,12H,3,10-11,13-14H2,1H3,(H,22,24). The first-order chi connectivity index (χ1) is 13.3. The number of anilines is 1. The third kappa shape index (κ3) is 7.69. The van der Waals surface area contributed by atoms with Crippen molar-refractivity contribution in [1.82, 2.24) is 5.32 Å². The number of halogens is 2. The van der Waals surface area contributed by atoms with E-state index in [2.05, 4.69) is 5.32 Å². The number of sulfonamides is 1. The van der Waals surface area contributed by atoms with Gasteiger partial charge in [0, 0.05) is 17.3 Å². The maximum Gasteiger partial charge on any atom is 0.240 e. The summed E-state index contributed by atoms with van der Waals surface area (Å²) in [6, 6.07) is 12.6. The monoisotopic (exact) mass is 444 g/mol. The first kappa shape index (κ1) is 22.5. The van der Waals surface area contributed by atoms with Crippen molar-refractivity contribution in [1.29, 1.82) is 0 Å². The SMILES string of the molecule is CS(=O)(=O)N(CC(=O)NCCCSCc1cccc(Cl)c1)c1ccc(F)cc1. The van der Waals surface area contributed by atoms with E-state index >= 15 is 0 Å². The minimum absolute atomic E-state index is 0.246. The molecule has 0 aliphatic carbocycles. The van der Waals surface area contributed by atoms with Crippen LogP contribution in [-0.2, 0) is 20.6 Å². The Labute approximate surface area is 174 Å². The van der Waals surface area contributed by atoms with Crippen LogP contribution in [0.25, 0.3) is 0 Å². The zero-order valence-corrected chi connectivity index (χ0v) is 17.8. The minimum Gasteiger partial charge on any atom is -0.354 e. The molecule has 0 fully saturated rings. The second-order valence-electron chi connectivity index (χ2n) is 6.13. The summed E-state index contributed by atoms with van der Waals surface area (Å²) in [4.78, 5) is 12.1. The fraction of sp³-hybridized carbons (Fsp3) is 0.316. The summed E-state index contributed by atoms with van der Waals surface area (Å²) in [6.07, 6.45) is 1.77. The highest BCUT2D eigenvalue weighted by Gasteiger charge is 2.20. The Morgan fingerprint density at radius 3 is 2.57 bits per heavy atom. The highest BCUT2D eigenvalue weighted by Crippen LogP contribution is 2.18. The predicted molar refractivity (Wildman–Crippen MR) is 114 cm³/mol. The molecule has 0 unspecified atom stereocenters. The molecule has 152 valence electrons. The van der Waals surface area contributed by atoms with Crippen LogP contribution in [0, 0.1) is 5.82 Å². The summed E-state index contributed by atoms with van der Waals surface area (Å²) < 4.78 is 37.9. The molecule has 2 aromatic carbocycles. The number of rotatable bonds is 10. The molecule has 0 aliphatic heterocycles. The molecule has 28 heavy (non-hydrogen) atoms. The van der Waals surface area contributed by atoms with Crippen molar-refractivity contribution in [2.45, 2.75) is 12.2 Å². The topological polar surface area (TPSA) is 66.5 Å². The molecule has 0 aromatic heterocycles. The van der Waals surface area contributed by atoms with Gasteiger partial charge in [0.1, 0.15) is 12.4 Å². The number of amides is 1. The molecule has 2 rings (SSSR count). The van der Waals surface area contributed by atoms with Gasteiger partial charge in [-0.05, 0) is 54.1 Å². The smallest absolute Gasteiger partial charge is 0.240 e. The van der Waals surface area contributed by atoms with Crippen LogP contribution in [0.5, 0.6) is 0 Å². The van der Waals surface area contributed by atoms with Crippen LogP contribution in [0.15, 0.2) is 48.5 Å². The fourth-order valence-corrected chi connectivity index (χ4v) is 4.39. The van der Waals surface area contributed by atoms with Gasteiger partial charge in [-0.25, -0.2) is 12.8 Å². The van der Waals surface area contributed by atoms with Gasteiger partial charge in [0.25, 0.3) is 0 Å². The van der Waals surface area contributed by atoms with E-state index in [1.54, 1.807) is 11.8 Å². The van der Waals surface area contributed by atoms with E-state index < -0.39 is 21.7 Å². The minimum atomic E-state index is -3.66. The van der Waals surface area contributed by atoms with Gasteiger partial charge in [-0.15, -0.1) is 0 Å². The van der Waals surface area contributed by atoms with Gasteiger partial charge in [-0.2, -0.15) is 11.8 Å². The number of benzene rings is 2. The molecule has 2 aromatic rings. The van der Waals surface area contributed by atoms with Crippen molar-refractivity contribution in [3.8, 4) is 0 Å². The summed E-state index contributed by atoms with van der Waals surface area (Å²) >= 11 is 7.68. The summed E-state index contributed by atoms with van der Waals surface area (Å²) in [5.41, 5.74) is 1.39. The first-order valence-electron chi connectivity index (χ1n) is 8.58. The second kappa shape index (κ2) is 10.7. The van der Waals surface area contributed by atoms with Crippen molar-refractivity contribution in [3.05, 3.63) is 64.9 Å². The number of thioether (sulfide) groups is 1. The Balaban J connectivity index is 1.74. The Bertz CT molecular complexity index is 892. The third-order valence-corrected chi connectivity index (χ3v) is 6.24. The number of carbonyl (C=O) groups excluding carboxylic acids is 1. The largest absolute Gasteiger partial charge is 0.354 e. The van der Waals surface area contributed by atoms with Crippen molar-refractivity contribution in [3.63, 3.8) is 0 Å². The molecule has 5 nitrogen and oxygen atoms in total. The molecular weight excluding hydrogens is 423 g/mol. The molecule has 0 bridgehead atoms. The van der Waals surface area contributed by atoms with E-state index in [9.17, 15) is 17.6 Å². The van der Waals surface area contributed by atoms with Gasteiger partial charge in [0.05, 0.1) is 11.9 Å². The molecular formula is C19H22ClFN2O3S2.